The van der Waals surface area contributed by atoms with Crippen LogP contribution >= 0.6 is 0 Å². The summed E-state index contributed by atoms with van der Waals surface area (Å²) in [6.45, 7) is 3.44. The van der Waals surface area contributed by atoms with Crippen LogP contribution in [-0.2, 0) is 4.74 Å². The van der Waals surface area contributed by atoms with Crippen molar-refractivity contribution in [1.29, 1.82) is 0 Å². The van der Waals surface area contributed by atoms with Gasteiger partial charge in [0.15, 0.2) is 6.29 Å². The summed E-state index contributed by atoms with van der Waals surface area (Å²) in [6.07, 6.45) is 3.19. The van der Waals surface area contributed by atoms with E-state index in [2.05, 4.69) is 0 Å². The van der Waals surface area contributed by atoms with Gasteiger partial charge in [-0.2, -0.15) is 0 Å². The van der Waals surface area contributed by atoms with Gasteiger partial charge in [0.1, 0.15) is 11.5 Å². The lowest BCUT2D eigenvalue weighted by atomic mass is 10.2. The molecule has 0 amide bonds. The van der Waals surface area contributed by atoms with Crippen molar-refractivity contribution < 1.29 is 14.2 Å². The summed E-state index contributed by atoms with van der Waals surface area (Å²) in [5.74, 6) is 1.66. The summed E-state index contributed by atoms with van der Waals surface area (Å²) in [7, 11) is 0. The molecule has 1 heterocycles. The SMILES string of the molecule is CCOc1cccc(OC2CCCCO2)c1. The molecule has 0 spiro atoms. The standard InChI is InChI=1S/C13H18O3/c1-2-14-11-6-5-7-12(10-11)16-13-8-3-4-9-15-13/h5-7,10,13H,2-4,8-9H2,1H3. The van der Waals surface area contributed by atoms with Gasteiger partial charge in [-0.1, -0.05) is 6.07 Å². The van der Waals surface area contributed by atoms with Gasteiger partial charge in [0.05, 0.1) is 13.2 Å². The van der Waals surface area contributed by atoms with Crippen molar-refractivity contribution in [2.24, 2.45) is 0 Å². The van der Waals surface area contributed by atoms with Crippen molar-refractivity contribution in [3.63, 3.8) is 0 Å². The lowest BCUT2D eigenvalue weighted by Crippen LogP contribution is -2.24. The van der Waals surface area contributed by atoms with Crippen molar-refractivity contribution in [3.05, 3.63) is 24.3 Å². The van der Waals surface area contributed by atoms with Crippen LogP contribution in [-0.4, -0.2) is 19.5 Å². The molecule has 2 rings (SSSR count). The Morgan fingerprint density at radius 2 is 2.19 bits per heavy atom. The Bertz CT molecular complexity index is 319. The van der Waals surface area contributed by atoms with Crippen molar-refractivity contribution >= 4 is 0 Å². The van der Waals surface area contributed by atoms with Crippen LogP contribution in [0.2, 0.25) is 0 Å². The zero-order valence-corrected chi connectivity index (χ0v) is 9.65. The average molecular weight is 222 g/mol. The summed E-state index contributed by atoms with van der Waals surface area (Å²) in [5, 5.41) is 0. The van der Waals surface area contributed by atoms with Crippen LogP contribution in [0.3, 0.4) is 0 Å². The lowest BCUT2D eigenvalue weighted by molar-refractivity contribution is -0.105. The summed E-state index contributed by atoms with van der Waals surface area (Å²) in [4.78, 5) is 0. The zero-order valence-electron chi connectivity index (χ0n) is 9.65. The first kappa shape index (κ1) is 11.3. The van der Waals surface area contributed by atoms with E-state index >= 15 is 0 Å². The molecule has 1 aromatic carbocycles. The Morgan fingerprint density at radius 3 is 2.94 bits per heavy atom. The molecular formula is C13H18O3. The largest absolute Gasteiger partial charge is 0.494 e. The lowest BCUT2D eigenvalue weighted by Gasteiger charge is -2.23. The first-order valence-electron chi connectivity index (χ1n) is 5.89. The molecule has 1 aliphatic rings. The van der Waals surface area contributed by atoms with E-state index in [1.54, 1.807) is 0 Å². The van der Waals surface area contributed by atoms with E-state index in [1.807, 2.05) is 31.2 Å². The second-order valence-corrected chi connectivity index (χ2v) is 3.82. The van der Waals surface area contributed by atoms with Crippen LogP contribution < -0.4 is 9.47 Å². The average Bonchev–Trinajstić information content (AvgIpc) is 2.31. The second-order valence-electron chi connectivity index (χ2n) is 3.82. The van der Waals surface area contributed by atoms with Gasteiger partial charge >= 0.3 is 0 Å². The predicted molar refractivity (Wildman–Crippen MR) is 61.8 cm³/mol. The second kappa shape index (κ2) is 5.75. The molecule has 0 bridgehead atoms. The quantitative estimate of drug-likeness (QED) is 0.783. The van der Waals surface area contributed by atoms with Crippen LogP contribution in [0, 0.1) is 0 Å². The maximum atomic E-state index is 5.74. The molecule has 1 aliphatic heterocycles. The Kier molecular flexibility index (Phi) is 4.05. The third kappa shape index (κ3) is 3.14. The summed E-state index contributed by atoms with van der Waals surface area (Å²) in [6, 6.07) is 7.70. The molecule has 1 aromatic rings. The first-order chi connectivity index (χ1) is 7.88. The van der Waals surface area contributed by atoms with Crippen LogP contribution in [0.15, 0.2) is 24.3 Å². The smallest absolute Gasteiger partial charge is 0.199 e. The molecule has 16 heavy (non-hydrogen) atoms. The van der Waals surface area contributed by atoms with E-state index in [0.717, 1.165) is 30.9 Å². The van der Waals surface area contributed by atoms with E-state index in [0.29, 0.717) is 6.61 Å². The molecule has 1 unspecified atom stereocenters. The highest BCUT2D eigenvalue weighted by atomic mass is 16.7. The van der Waals surface area contributed by atoms with Crippen molar-refractivity contribution in [1.82, 2.24) is 0 Å². The van der Waals surface area contributed by atoms with E-state index in [4.69, 9.17) is 14.2 Å². The number of rotatable bonds is 4. The molecule has 3 heteroatoms. The van der Waals surface area contributed by atoms with E-state index in [-0.39, 0.29) is 6.29 Å². The zero-order chi connectivity index (χ0) is 11.2. The van der Waals surface area contributed by atoms with Gasteiger partial charge in [0.25, 0.3) is 0 Å². The fourth-order valence-corrected chi connectivity index (χ4v) is 1.76. The minimum Gasteiger partial charge on any atom is -0.494 e. The maximum Gasteiger partial charge on any atom is 0.199 e. The third-order valence-electron chi connectivity index (χ3n) is 2.52. The van der Waals surface area contributed by atoms with Gasteiger partial charge < -0.3 is 14.2 Å². The molecule has 0 radical (unpaired) electrons. The van der Waals surface area contributed by atoms with Gasteiger partial charge in [-0.3, -0.25) is 0 Å². The Morgan fingerprint density at radius 1 is 1.31 bits per heavy atom. The van der Waals surface area contributed by atoms with Gasteiger partial charge in [-0.25, -0.2) is 0 Å². The highest BCUT2D eigenvalue weighted by molar-refractivity contribution is 5.32. The predicted octanol–water partition coefficient (Wildman–Crippen LogP) is 2.99. The molecule has 0 N–H and O–H groups in total. The van der Waals surface area contributed by atoms with Gasteiger partial charge in [-0.05, 0) is 31.9 Å². The molecule has 0 saturated carbocycles. The summed E-state index contributed by atoms with van der Waals surface area (Å²) < 4.78 is 16.7. The number of benzene rings is 1. The van der Waals surface area contributed by atoms with Crippen molar-refractivity contribution in [3.8, 4) is 11.5 Å². The molecule has 3 nitrogen and oxygen atoms in total. The van der Waals surface area contributed by atoms with E-state index in [1.165, 1.54) is 6.42 Å². The molecule has 1 saturated heterocycles. The number of ether oxygens (including phenoxy) is 3. The minimum absolute atomic E-state index is 0.0920. The fraction of sp³-hybridized carbons (Fsp3) is 0.538. The van der Waals surface area contributed by atoms with E-state index in [9.17, 15) is 0 Å². The first-order valence-corrected chi connectivity index (χ1v) is 5.89. The molecule has 0 aromatic heterocycles. The van der Waals surface area contributed by atoms with Crippen LogP contribution in [0.1, 0.15) is 26.2 Å². The topological polar surface area (TPSA) is 27.7 Å². The van der Waals surface area contributed by atoms with Gasteiger partial charge in [-0.15, -0.1) is 0 Å². The monoisotopic (exact) mass is 222 g/mol. The van der Waals surface area contributed by atoms with Crippen LogP contribution in [0.25, 0.3) is 0 Å². The molecular weight excluding hydrogens is 204 g/mol. The third-order valence-corrected chi connectivity index (χ3v) is 2.52. The highest BCUT2D eigenvalue weighted by Gasteiger charge is 2.15. The normalized spacial score (nSPS) is 20.4. The Hall–Kier alpha value is -1.22. The molecule has 1 fully saturated rings. The summed E-state index contributed by atoms with van der Waals surface area (Å²) in [5.41, 5.74) is 0. The summed E-state index contributed by atoms with van der Waals surface area (Å²) >= 11 is 0. The van der Waals surface area contributed by atoms with Gasteiger partial charge in [0, 0.05) is 12.5 Å². The van der Waals surface area contributed by atoms with Crippen LogP contribution in [0.4, 0.5) is 0 Å². The molecule has 1 atom stereocenters. The number of hydrogen-bond acceptors (Lipinski definition) is 3. The number of hydrogen-bond donors (Lipinski definition) is 0. The Labute approximate surface area is 96.3 Å². The van der Waals surface area contributed by atoms with Crippen molar-refractivity contribution in [2.45, 2.75) is 32.5 Å². The highest BCUT2D eigenvalue weighted by Crippen LogP contribution is 2.23. The van der Waals surface area contributed by atoms with Crippen LogP contribution in [0.5, 0.6) is 11.5 Å². The molecule has 88 valence electrons. The maximum absolute atomic E-state index is 5.74. The van der Waals surface area contributed by atoms with E-state index < -0.39 is 0 Å². The minimum atomic E-state index is -0.0920. The molecule has 0 aliphatic carbocycles. The van der Waals surface area contributed by atoms with Crippen molar-refractivity contribution in [2.75, 3.05) is 13.2 Å². The van der Waals surface area contributed by atoms with Gasteiger partial charge in [0.2, 0.25) is 0 Å². The Balaban J connectivity index is 1.94. The fourth-order valence-electron chi connectivity index (χ4n) is 1.76.